The lowest BCUT2D eigenvalue weighted by molar-refractivity contribution is 0.301. The topological polar surface area (TPSA) is 61.7 Å². The van der Waals surface area contributed by atoms with Gasteiger partial charge in [0.1, 0.15) is 12.4 Å². The van der Waals surface area contributed by atoms with Crippen LogP contribution >= 0.6 is 0 Å². The average Bonchev–Trinajstić information content (AvgIpc) is 3.20. The largest absolute Gasteiger partial charge is 0.487 e. The van der Waals surface area contributed by atoms with Crippen LogP contribution in [0.15, 0.2) is 85.1 Å². The maximum absolute atomic E-state index is 9.05. The molecule has 0 unspecified atom stereocenters. The molecule has 30 heavy (non-hydrogen) atoms. The van der Waals surface area contributed by atoms with Crippen molar-refractivity contribution >= 4 is 21.8 Å². The number of rotatable bonds is 5. The molecule has 1 N–H and O–H groups in total. The Balaban J connectivity index is 1.27. The molecule has 4 heteroatoms. The smallest absolute Gasteiger partial charge is 0.130 e. The minimum atomic E-state index is 0.438. The van der Waals surface area contributed by atoms with Gasteiger partial charge in [-0.1, -0.05) is 42.5 Å². The lowest BCUT2D eigenvalue weighted by Crippen LogP contribution is -1.98. The predicted molar refractivity (Wildman–Crippen MR) is 118 cm³/mol. The van der Waals surface area contributed by atoms with Crippen molar-refractivity contribution in [2.24, 2.45) is 0 Å². The average molecular weight is 389 g/mol. The molecule has 2 heterocycles. The fourth-order valence-electron chi connectivity index (χ4n) is 3.67. The van der Waals surface area contributed by atoms with Crippen LogP contribution in [0.2, 0.25) is 0 Å². The first kappa shape index (κ1) is 18.0. The molecule has 0 bridgehead atoms. The summed E-state index contributed by atoms with van der Waals surface area (Å²) in [5, 5.41) is 11.3. The number of benzene rings is 3. The first-order valence-electron chi connectivity index (χ1n) is 9.85. The Morgan fingerprint density at radius 1 is 0.933 bits per heavy atom. The van der Waals surface area contributed by atoms with Crippen molar-refractivity contribution in [1.82, 2.24) is 9.97 Å². The number of nitriles is 1. The Kier molecular flexibility index (Phi) is 4.63. The van der Waals surface area contributed by atoms with Crippen LogP contribution in [0, 0.1) is 11.3 Å². The summed E-state index contributed by atoms with van der Waals surface area (Å²) >= 11 is 0. The molecule has 0 spiro atoms. The van der Waals surface area contributed by atoms with Crippen LogP contribution in [0.3, 0.4) is 0 Å². The zero-order valence-electron chi connectivity index (χ0n) is 16.3. The second kappa shape index (κ2) is 7.73. The van der Waals surface area contributed by atoms with E-state index in [1.165, 1.54) is 11.1 Å². The summed E-state index contributed by atoms with van der Waals surface area (Å²) in [6, 6.07) is 28.3. The Morgan fingerprint density at radius 3 is 2.67 bits per heavy atom. The summed E-state index contributed by atoms with van der Waals surface area (Å²) in [6.45, 7) is 0.438. The first-order chi connectivity index (χ1) is 14.8. The van der Waals surface area contributed by atoms with Gasteiger partial charge in [0.15, 0.2) is 0 Å². The molecule has 3 aromatic carbocycles. The minimum Gasteiger partial charge on any atom is -0.487 e. The third kappa shape index (κ3) is 3.61. The van der Waals surface area contributed by atoms with Gasteiger partial charge in [-0.25, -0.2) is 4.98 Å². The molecule has 2 aromatic heterocycles. The summed E-state index contributed by atoms with van der Waals surface area (Å²) < 4.78 is 5.93. The molecule has 0 fully saturated rings. The van der Waals surface area contributed by atoms with E-state index in [1.54, 1.807) is 0 Å². The number of pyridine rings is 1. The van der Waals surface area contributed by atoms with E-state index >= 15 is 0 Å². The standard InChI is InChI=1S/C26H19N3O/c27-15-19-7-12-24-21(16-28-26(24)14-19)13-18-5-10-23(11-6-18)30-17-22-9-8-20-3-1-2-4-25(20)29-22/h1-12,14,16,28H,13,17H2. The third-order valence-electron chi connectivity index (χ3n) is 5.26. The number of ether oxygens (including phenoxy) is 1. The van der Waals surface area contributed by atoms with Gasteiger partial charge in [0.2, 0.25) is 0 Å². The van der Waals surface area contributed by atoms with Crippen molar-refractivity contribution in [3.8, 4) is 11.8 Å². The molecule has 0 amide bonds. The van der Waals surface area contributed by atoms with Gasteiger partial charge < -0.3 is 9.72 Å². The van der Waals surface area contributed by atoms with E-state index in [0.717, 1.165) is 39.7 Å². The highest BCUT2D eigenvalue weighted by Gasteiger charge is 2.06. The van der Waals surface area contributed by atoms with Gasteiger partial charge in [-0.05, 0) is 53.9 Å². The second-order valence-corrected chi connectivity index (χ2v) is 7.29. The van der Waals surface area contributed by atoms with Gasteiger partial charge in [0, 0.05) is 22.5 Å². The summed E-state index contributed by atoms with van der Waals surface area (Å²) in [5.74, 6) is 0.825. The molecule has 5 aromatic rings. The highest BCUT2D eigenvalue weighted by atomic mass is 16.5. The quantitative estimate of drug-likeness (QED) is 0.416. The van der Waals surface area contributed by atoms with E-state index in [4.69, 9.17) is 10.00 Å². The SMILES string of the molecule is N#Cc1ccc2c(Cc3ccc(OCc4ccc5ccccc5n4)cc3)c[nH]c2c1. The molecular formula is C26H19N3O. The molecule has 0 aliphatic carbocycles. The van der Waals surface area contributed by atoms with E-state index in [9.17, 15) is 0 Å². The number of para-hydroxylation sites is 1. The van der Waals surface area contributed by atoms with Crippen LogP contribution in [0.25, 0.3) is 21.8 Å². The zero-order valence-corrected chi connectivity index (χ0v) is 16.3. The van der Waals surface area contributed by atoms with Gasteiger partial charge in [0.25, 0.3) is 0 Å². The highest BCUT2D eigenvalue weighted by molar-refractivity contribution is 5.84. The number of fused-ring (bicyclic) bond motifs is 2. The van der Waals surface area contributed by atoms with E-state index in [-0.39, 0.29) is 0 Å². The van der Waals surface area contributed by atoms with Gasteiger partial charge in [-0.15, -0.1) is 0 Å². The number of hydrogen-bond donors (Lipinski definition) is 1. The van der Waals surface area contributed by atoms with Crippen LogP contribution in [0.1, 0.15) is 22.4 Å². The molecule has 5 rings (SSSR count). The zero-order chi connectivity index (χ0) is 20.3. The normalized spacial score (nSPS) is 10.9. The van der Waals surface area contributed by atoms with E-state index in [0.29, 0.717) is 12.2 Å². The number of aromatic amines is 1. The molecule has 0 radical (unpaired) electrons. The minimum absolute atomic E-state index is 0.438. The number of aromatic nitrogens is 2. The summed E-state index contributed by atoms with van der Waals surface area (Å²) in [6.07, 6.45) is 2.83. The van der Waals surface area contributed by atoms with E-state index < -0.39 is 0 Å². The molecule has 0 saturated carbocycles. The number of H-pyrrole nitrogens is 1. The van der Waals surface area contributed by atoms with Gasteiger partial charge in [-0.2, -0.15) is 5.26 Å². The molecule has 144 valence electrons. The van der Waals surface area contributed by atoms with Crippen LogP contribution in [0.4, 0.5) is 0 Å². The summed E-state index contributed by atoms with van der Waals surface area (Å²) in [4.78, 5) is 7.91. The van der Waals surface area contributed by atoms with Crippen LogP contribution < -0.4 is 4.74 Å². The van der Waals surface area contributed by atoms with Crippen molar-refractivity contribution in [2.45, 2.75) is 13.0 Å². The van der Waals surface area contributed by atoms with Crippen LogP contribution in [0.5, 0.6) is 5.75 Å². The van der Waals surface area contributed by atoms with Crippen molar-refractivity contribution in [1.29, 1.82) is 5.26 Å². The molecular weight excluding hydrogens is 370 g/mol. The fourth-order valence-corrected chi connectivity index (χ4v) is 3.67. The third-order valence-corrected chi connectivity index (χ3v) is 5.26. The maximum Gasteiger partial charge on any atom is 0.130 e. The van der Waals surface area contributed by atoms with Crippen LogP contribution in [-0.4, -0.2) is 9.97 Å². The lowest BCUT2D eigenvalue weighted by atomic mass is 10.0. The number of hydrogen-bond acceptors (Lipinski definition) is 3. The van der Waals surface area contributed by atoms with Crippen molar-refractivity contribution in [3.63, 3.8) is 0 Å². The molecule has 4 nitrogen and oxygen atoms in total. The molecule has 0 saturated heterocycles. The molecule has 0 atom stereocenters. The molecule has 0 aliphatic rings. The van der Waals surface area contributed by atoms with Gasteiger partial charge in [-0.3, -0.25) is 0 Å². The van der Waals surface area contributed by atoms with Crippen molar-refractivity contribution in [3.05, 3.63) is 107 Å². The van der Waals surface area contributed by atoms with Crippen LogP contribution in [-0.2, 0) is 13.0 Å². The van der Waals surface area contributed by atoms with Crippen molar-refractivity contribution in [2.75, 3.05) is 0 Å². The maximum atomic E-state index is 9.05. The second-order valence-electron chi connectivity index (χ2n) is 7.29. The van der Waals surface area contributed by atoms with E-state index in [2.05, 4.69) is 40.3 Å². The first-order valence-corrected chi connectivity index (χ1v) is 9.85. The Labute approximate surface area is 174 Å². The predicted octanol–water partition coefficient (Wildman–Crippen LogP) is 5.76. The Bertz CT molecular complexity index is 1380. The highest BCUT2D eigenvalue weighted by Crippen LogP contribution is 2.23. The Hall–Kier alpha value is -4.10. The lowest BCUT2D eigenvalue weighted by Gasteiger charge is -2.08. The molecule has 0 aliphatic heterocycles. The van der Waals surface area contributed by atoms with Crippen molar-refractivity contribution < 1.29 is 4.74 Å². The monoisotopic (exact) mass is 389 g/mol. The summed E-state index contributed by atoms with van der Waals surface area (Å²) in [5.41, 5.74) is 5.97. The fraction of sp³-hybridized carbons (Fsp3) is 0.0769. The summed E-state index contributed by atoms with van der Waals surface area (Å²) in [7, 11) is 0. The number of nitrogens with one attached hydrogen (secondary N) is 1. The van der Waals surface area contributed by atoms with Gasteiger partial charge in [0.05, 0.1) is 22.8 Å². The van der Waals surface area contributed by atoms with Gasteiger partial charge >= 0.3 is 0 Å². The van der Waals surface area contributed by atoms with E-state index in [1.807, 2.05) is 60.8 Å². The number of nitrogens with zero attached hydrogens (tertiary/aromatic N) is 2. The Morgan fingerprint density at radius 2 is 1.80 bits per heavy atom.